The molecular weight excluding hydrogens is 352 g/mol. The van der Waals surface area contributed by atoms with E-state index in [1.807, 2.05) is 60.7 Å². The first-order chi connectivity index (χ1) is 13.8. The molecule has 2 N–H and O–H groups in total. The fraction of sp³-hybridized carbons (Fsp3) is 0.0476. The molecule has 0 aliphatic carbocycles. The van der Waals surface area contributed by atoms with Crippen molar-refractivity contribution in [2.75, 3.05) is 17.7 Å². The Morgan fingerprint density at radius 1 is 0.786 bits per heavy atom. The minimum Gasteiger partial charge on any atom is -0.438 e. The van der Waals surface area contributed by atoms with Gasteiger partial charge in [0.1, 0.15) is 11.6 Å². The van der Waals surface area contributed by atoms with Gasteiger partial charge in [0.15, 0.2) is 0 Å². The van der Waals surface area contributed by atoms with E-state index in [2.05, 4.69) is 30.6 Å². The maximum atomic E-state index is 6.01. The van der Waals surface area contributed by atoms with Crippen molar-refractivity contribution in [1.82, 2.24) is 19.9 Å². The van der Waals surface area contributed by atoms with E-state index in [-0.39, 0.29) is 0 Å². The summed E-state index contributed by atoms with van der Waals surface area (Å²) in [6.45, 7) is 0. The number of rotatable bonds is 6. The number of benzene rings is 1. The minimum atomic E-state index is 0.480. The van der Waals surface area contributed by atoms with Crippen LogP contribution in [0.15, 0.2) is 79.3 Å². The third kappa shape index (κ3) is 4.04. The van der Waals surface area contributed by atoms with E-state index in [9.17, 15) is 0 Å². The number of anilines is 3. The van der Waals surface area contributed by atoms with Crippen LogP contribution in [-0.2, 0) is 0 Å². The molecule has 0 bridgehead atoms. The number of aromatic nitrogens is 4. The molecule has 0 aliphatic rings. The maximum Gasteiger partial charge on any atom is 0.228 e. The normalized spacial score (nSPS) is 10.3. The van der Waals surface area contributed by atoms with Gasteiger partial charge in [-0.15, -0.1) is 0 Å². The molecule has 0 amide bonds. The predicted molar refractivity (Wildman–Crippen MR) is 109 cm³/mol. The molecule has 0 saturated heterocycles. The summed E-state index contributed by atoms with van der Waals surface area (Å²) in [5.74, 6) is 2.48. The second-order valence-electron chi connectivity index (χ2n) is 5.84. The van der Waals surface area contributed by atoms with Crippen LogP contribution in [0.2, 0.25) is 0 Å². The summed E-state index contributed by atoms with van der Waals surface area (Å²) < 4.78 is 6.01. The van der Waals surface area contributed by atoms with Gasteiger partial charge in [-0.25, -0.2) is 19.9 Å². The van der Waals surface area contributed by atoms with Gasteiger partial charge in [-0.3, -0.25) is 0 Å². The molecule has 1 aromatic carbocycles. The Hall–Kier alpha value is -4.00. The van der Waals surface area contributed by atoms with E-state index in [0.717, 1.165) is 22.8 Å². The van der Waals surface area contributed by atoms with Crippen molar-refractivity contribution < 1.29 is 4.74 Å². The van der Waals surface area contributed by atoms with Crippen molar-refractivity contribution in [3.8, 4) is 22.9 Å². The Kier molecular flexibility index (Phi) is 5.06. The van der Waals surface area contributed by atoms with Crippen molar-refractivity contribution >= 4 is 17.5 Å². The lowest BCUT2D eigenvalue weighted by Gasteiger charge is -2.11. The van der Waals surface area contributed by atoms with Gasteiger partial charge >= 0.3 is 0 Å². The van der Waals surface area contributed by atoms with Gasteiger partial charge in [0.25, 0.3) is 0 Å². The number of nitrogens with one attached hydrogen (secondary N) is 2. The first kappa shape index (κ1) is 17.4. The second-order valence-corrected chi connectivity index (χ2v) is 5.84. The molecule has 0 atom stereocenters. The number of pyridine rings is 2. The molecule has 0 spiro atoms. The monoisotopic (exact) mass is 370 g/mol. The van der Waals surface area contributed by atoms with Crippen LogP contribution in [0.5, 0.6) is 11.6 Å². The van der Waals surface area contributed by atoms with Crippen LogP contribution in [0, 0.1) is 0 Å². The Balaban J connectivity index is 1.55. The summed E-state index contributed by atoms with van der Waals surface area (Å²) in [6.07, 6.45) is 5.13. The van der Waals surface area contributed by atoms with Gasteiger partial charge in [0.2, 0.25) is 11.8 Å². The maximum absolute atomic E-state index is 6.01. The first-order valence-electron chi connectivity index (χ1n) is 8.74. The summed E-state index contributed by atoms with van der Waals surface area (Å²) in [5.41, 5.74) is 2.44. The highest BCUT2D eigenvalue weighted by Crippen LogP contribution is 2.31. The van der Waals surface area contributed by atoms with Crippen LogP contribution in [0.3, 0.4) is 0 Å². The van der Waals surface area contributed by atoms with E-state index in [4.69, 9.17) is 4.74 Å². The molecule has 4 rings (SSSR count). The predicted octanol–water partition coefficient (Wildman–Crippen LogP) is 4.51. The lowest BCUT2D eigenvalue weighted by Crippen LogP contribution is -1.98. The Bertz CT molecular complexity index is 1050. The van der Waals surface area contributed by atoms with Crippen LogP contribution < -0.4 is 15.4 Å². The summed E-state index contributed by atoms with van der Waals surface area (Å²) in [7, 11) is 1.78. The van der Waals surface area contributed by atoms with Crippen LogP contribution in [0.25, 0.3) is 11.3 Å². The molecule has 0 fully saturated rings. The summed E-state index contributed by atoms with van der Waals surface area (Å²) >= 11 is 0. The third-order valence-corrected chi connectivity index (χ3v) is 3.93. The summed E-state index contributed by atoms with van der Waals surface area (Å²) in [5, 5.41) is 6.18. The molecule has 138 valence electrons. The van der Waals surface area contributed by atoms with Crippen LogP contribution in [0.4, 0.5) is 17.5 Å². The standard InChI is InChI=1S/C21H18N6O/c1-22-21-25-14-11-18(27-21)17-5-4-13-24-20(17)28-16-9-7-15(8-10-16)26-19-6-2-3-12-23-19/h2-14H,1H3,(H,23,26)(H,22,25,27). The Morgan fingerprint density at radius 2 is 1.64 bits per heavy atom. The molecule has 28 heavy (non-hydrogen) atoms. The van der Waals surface area contributed by atoms with Gasteiger partial charge in [-0.2, -0.15) is 0 Å². The number of hydrogen-bond donors (Lipinski definition) is 2. The zero-order chi connectivity index (χ0) is 19.2. The molecule has 3 aromatic heterocycles. The Labute approximate surface area is 162 Å². The van der Waals surface area contributed by atoms with Crippen molar-refractivity contribution in [2.45, 2.75) is 0 Å². The van der Waals surface area contributed by atoms with Gasteiger partial charge in [-0.05, 0) is 54.6 Å². The van der Waals surface area contributed by atoms with Crippen LogP contribution >= 0.6 is 0 Å². The van der Waals surface area contributed by atoms with Crippen molar-refractivity contribution in [2.24, 2.45) is 0 Å². The number of hydrogen-bond acceptors (Lipinski definition) is 7. The van der Waals surface area contributed by atoms with E-state index >= 15 is 0 Å². The zero-order valence-electron chi connectivity index (χ0n) is 15.2. The highest BCUT2D eigenvalue weighted by molar-refractivity contribution is 5.66. The number of ether oxygens (including phenoxy) is 1. The van der Waals surface area contributed by atoms with Gasteiger partial charge < -0.3 is 15.4 Å². The molecule has 3 heterocycles. The van der Waals surface area contributed by atoms with Gasteiger partial charge in [0, 0.05) is 31.3 Å². The highest BCUT2D eigenvalue weighted by Gasteiger charge is 2.11. The fourth-order valence-corrected chi connectivity index (χ4v) is 2.60. The lowest BCUT2D eigenvalue weighted by molar-refractivity contribution is 0.465. The molecule has 7 heteroatoms. The molecule has 0 saturated carbocycles. The molecular formula is C21H18N6O. The first-order valence-corrected chi connectivity index (χ1v) is 8.74. The average Bonchev–Trinajstić information content (AvgIpc) is 2.76. The van der Waals surface area contributed by atoms with E-state index < -0.39 is 0 Å². The molecule has 7 nitrogen and oxygen atoms in total. The van der Waals surface area contributed by atoms with Crippen molar-refractivity contribution in [3.63, 3.8) is 0 Å². The van der Waals surface area contributed by atoms with Crippen molar-refractivity contribution in [1.29, 1.82) is 0 Å². The molecule has 0 aliphatic heterocycles. The smallest absolute Gasteiger partial charge is 0.228 e. The topological polar surface area (TPSA) is 84.9 Å². The molecule has 4 aromatic rings. The van der Waals surface area contributed by atoms with Crippen molar-refractivity contribution in [3.05, 3.63) is 79.3 Å². The highest BCUT2D eigenvalue weighted by atomic mass is 16.5. The van der Waals surface area contributed by atoms with E-state index in [1.165, 1.54) is 0 Å². The average molecular weight is 370 g/mol. The van der Waals surface area contributed by atoms with Gasteiger partial charge in [-0.1, -0.05) is 6.07 Å². The molecule has 0 unspecified atom stereocenters. The van der Waals surface area contributed by atoms with E-state index in [1.54, 1.807) is 25.6 Å². The Morgan fingerprint density at radius 3 is 2.43 bits per heavy atom. The quantitative estimate of drug-likeness (QED) is 0.516. The van der Waals surface area contributed by atoms with Gasteiger partial charge in [0.05, 0.1) is 11.3 Å². The summed E-state index contributed by atoms with van der Waals surface area (Å²) in [6, 6.07) is 18.9. The molecule has 0 radical (unpaired) electrons. The zero-order valence-corrected chi connectivity index (χ0v) is 15.2. The SMILES string of the molecule is CNc1nccc(-c2cccnc2Oc2ccc(Nc3ccccn3)cc2)n1. The van der Waals surface area contributed by atoms with Crippen LogP contribution in [0.1, 0.15) is 0 Å². The second kappa shape index (κ2) is 8.13. The minimum absolute atomic E-state index is 0.480. The summed E-state index contributed by atoms with van der Waals surface area (Å²) in [4.78, 5) is 17.2. The fourth-order valence-electron chi connectivity index (χ4n) is 2.60. The largest absolute Gasteiger partial charge is 0.438 e. The van der Waals surface area contributed by atoms with Crippen LogP contribution in [-0.4, -0.2) is 27.0 Å². The lowest BCUT2D eigenvalue weighted by atomic mass is 10.2. The van der Waals surface area contributed by atoms with E-state index in [0.29, 0.717) is 17.6 Å². The number of nitrogens with zero attached hydrogens (tertiary/aromatic N) is 4. The third-order valence-electron chi connectivity index (χ3n) is 3.93.